The molecule has 1 atom stereocenters. The molecule has 0 saturated heterocycles. The topological polar surface area (TPSA) is 21.3 Å². The SMILES string of the molecule is CNC(c1ccc(C)cc1F)c1cc(Br)c(F)cc1OC. The van der Waals surface area contributed by atoms with Gasteiger partial charge in [0.15, 0.2) is 0 Å². The molecule has 0 radical (unpaired) electrons. The number of ether oxygens (including phenoxy) is 1. The lowest BCUT2D eigenvalue weighted by atomic mass is 9.96. The Morgan fingerprint density at radius 2 is 1.81 bits per heavy atom. The van der Waals surface area contributed by atoms with E-state index in [1.807, 2.05) is 13.0 Å². The average Bonchev–Trinajstić information content (AvgIpc) is 2.45. The Kier molecular flexibility index (Phi) is 4.96. The Morgan fingerprint density at radius 3 is 2.38 bits per heavy atom. The first-order valence-electron chi connectivity index (χ1n) is 6.44. The van der Waals surface area contributed by atoms with Crippen molar-refractivity contribution in [2.45, 2.75) is 13.0 Å². The molecule has 0 aliphatic heterocycles. The number of hydrogen-bond acceptors (Lipinski definition) is 2. The summed E-state index contributed by atoms with van der Waals surface area (Å²) < 4.78 is 33.4. The van der Waals surface area contributed by atoms with Gasteiger partial charge >= 0.3 is 0 Å². The monoisotopic (exact) mass is 355 g/mol. The van der Waals surface area contributed by atoms with Crippen LogP contribution in [0.25, 0.3) is 0 Å². The zero-order chi connectivity index (χ0) is 15.6. The van der Waals surface area contributed by atoms with E-state index in [1.165, 1.54) is 19.2 Å². The number of hydrogen-bond donors (Lipinski definition) is 1. The Balaban J connectivity index is 2.58. The summed E-state index contributed by atoms with van der Waals surface area (Å²) in [5, 5.41) is 3.05. The first-order valence-corrected chi connectivity index (χ1v) is 7.23. The molecule has 2 rings (SSSR count). The van der Waals surface area contributed by atoms with Crippen LogP contribution in [0.1, 0.15) is 22.7 Å². The molecular weight excluding hydrogens is 340 g/mol. The van der Waals surface area contributed by atoms with Gasteiger partial charge in [-0.1, -0.05) is 12.1 Å². The molecule has 0 aliphatic carbocycles. The van der Waals surface area contributed by atoms with Crippen LogP contribution in [-0.4, -0.2) is 14.2 Å². The van der Waals surface area contributed by atoms with Crippen molar-refractivity contribution in [1.29, 1.82) is 0 Å². The van der Waals surface area contributed by atoms with Crippen molar-refractivity contribution in [1.82, 2.24) is 5.32 Å². The van der Waals surface area contributed by atoms with Crippen molar-refractivity contribution in [2.24, 2.45) is 0 Å². The molecule has 2 nitrogen and oxygen atoms in total. The minimum Gasteiger partial charge on any atom is -0.496 e. The predicted molar refractivity (Wildman–Crippen MR) is 82.7 cm³/mol. The lowest BCUT2D eigenvalue weighted by Crippen LogP contribution is -2.20. The quantitative estimate of drug-likeness (QED) is 0.879. The van der Waals surface area contributed by atoms with Crippen LogP contribution in [0.2, 0.25) is 0 Å². The van der Waals surface area contributed by atoms with E-state index in [0.717, 1.165) is 5.56 Å². The van der Waals surface area contributed by atoms with Crippen LogP contribution in [0.3, 0.4) is 0 Å². The molecule has 0 aliphatic rings. The van der Waals surface area contributed by atoms with Crippen LogP contribution in [-0.2, 0) is 0 Å². The molecule has 21 heavy (non-hydrogen) atoms. The van der Waals surface area contributed by atoms with Crippen LogP contribution in [0.5, 0.6) is 5.75 Å². The summed E-state index contributed by atoms with van der Waals surface area (Å²) in [4.78, 5) is 0. The van der Waals surface area contributed by atoms with Gasteiger partial charge in [0.2, 0.25) is 0 Å². The van der Waals surface area contributed by atoms with E-state index in [-0.39, 0.29) is 5.82 Å². The molecule has 1 unspecified atom stereocenters. The van der Waals surface area contributed by atoms with E-state index in [2.05, 4.69) is 21.2 Å². The van der Waals surface area contributed by atoms with Crippen molar-refractivity contribution in [3.05, 3.63) is 63.1 Å². The Labute approximate surface area is 131 Å². The van der Waals surface area contributed by atoms with Crippen LogP contribution >= 0.6 is 15.9 Å². The van der Waals surface area contributed by atoms with Gasteiger partial charge in [0, 0.05) is 17.2 Å². The predicted octanol–water partition coefficient (Wildman–Crippen LogP) is 4.35. The summed E-state index contributed by atoms with van der Waals surface area (Å²) >= 11 is 3.16. The fourth-order valence-corrected chi connectivity index (χ4v) is 2.65. The third-order valence-electron chi connectivity index (χ3n) is 3.34. The van der Waals surface area contributed by atoms with Crippen molar-refractivity contribution in [2.75, 3.05) is 14.2 Å². The number of halogens is 3. The molecule has 2 aromatic rings. The smallest absolute Gasteiger partial charge is 0.141 e. The molecule has 0 spiro atoms. The number of aryl methyl sites for hydroxylation is 1. The average molecular weight is 356 g/mol. The largest absolute Gasteiger partial charge is 0.496 e. The van der Waals surface area contributed by atoms with Gasteiger partial charge in [-0.15, -0.1) is 0 Å². The van der Waals surface area contributed by atoms with Crippen molar-refractivity contribution >= 4 is 15.9 Å². The van der Waals surface area contributed by atoms with E-state index in [4.69, 9.17) is 4.74 Å². The maximum absolute atomic E-state index is 14.2. The fourth-order valence-electron chi connectivity index (χ4n) is 2.29. The third kappa shape index (κ3) is 3.24. The molecule has 2 aromatic carbocycles. The molecule has 0 bridgehead atoms. The number of benzene rings is 2. The molecule has 0 heterocycles. The highest BCUT2D eigenvalue weighted by Crippen LogP contribution is 2.34. The van der Waals surface area contributed by atoms with Gasteiger partial charge in [-0.3, -0.25) is 0 Å². The minimum atomic E-state index is -0.433. The van der Waals surface area contributed by atoms with Gasteiger partial charge in [0.25, 0.3) is 0 Å². The van der Waals surface area contributed by atoms with Crippen LogP contribution in [0.4, 0.5) is 8.78 Å². The molecule has 112 valence electrons. The van der Waals surface area contributed by atoms with Crippen molar-refractivity contribution < 1.29 is 13.5 Å². The number of nitrogens with one attached hydrogen (secondary N) is 1. The highest BCUT2D eigenvalue weighted by molar-refractivity contribution is 9.10. The lowest BCUT2D eigenvalue weighted by Gasteiger charge is -2.21. The van der Waals surface area contributed by atoms with Gasteiger partial charge < -0.3 is 10.1 Å². The van der Waals surface area contributed by atoms with E-state index < -0.39 is 11.9 Å². The van der Waals surface area contributed by atoms with Crippen molar-refractivity contribution in [3.63, 3.8) is 0 Å². The molecule has 0 aromatic heterocycles. The van der Waals surface area contributed by atoms with E-state index >= 15 is 0 Å². The van der Waals surface area contributed by atoms with Gasteiger partial charge in [0.1, 0.15) is 17.4 Å². The second kappa shape index (κ2) is 6.54. The van der Waals surface area contributed by atoms with Gasteiger partial charge in [-0.05, 0) is 47.6 Å². The summed E-state index contributed by atoms with van der Waals surface area (Å²) in [6, 6.07) is 7.50. The summed E-state index contributed by atoms with van der Waals surface area (Å²) in [6.07, 6.45) is 0. The zero-order valence-electron chi connectivity index (χ0n) is 12.0. The molecular formula is C16H16BrF2NO. The molecule has 0 amide bonds. The second-order valence-electron chi connectivity index (χ2n) is 4.75. The Bertz CT molecular complexity index is 661. The fraction of sp³-hybridized carbons (Fsp3) is 0.250. The summed E-state index contributed by atoms with van der Waals surface area (Å²) in [5.74, 6) is -0.360. The number of methoxy groups -OCH3 is 1. The Hall–Kier alpha value is -1.46. The highest BCUT2D eigenvalue weighted by Gasteiger charge is 2.21. The minimum absolute atomic E-state index is 0.308. The first-order chi connectivity index (χ1) is 9.97. The zero-order valence-corrected chi connectivity index (χ0v) is 13.6. The van der Waals surface area contributed by atoms with E-state index in [0.29, 0.717) is 21.3 Å². The molecule has 0 fully saturated rings. The second-order valence-corrected chi connectivity index (χ2v) is 5.61. The maximum Gasteiger partial charge on any atom is 0.141 e. The van der Waals surface area contributed by atoms with Crippen LogP contribution in [0.15, 0.2) is 34.8 Å². The summed E-state index contributed by atoms with van der Waals surface area (Å²) in [5.41, 5.74) is 1.99. The van der Waals surface area contributed by atoms with E-state index in [1.54, 1.807) is 19.2 Å². The highest BCUT2D eigenvalue weighted by atomic mass is 79.9. The molecule has 1 N–H and O–H groups in total. The lowest BCUT2D eigenvalue weighted by molar-refractivity contribution is 0.400. The van der Waals surface area contributed by atoms with Gasteiger partial charge in [-0.2, -0.15) is 0 Å². The van der Waals surface area contributed by atoms with Crippen LogP contribution in [0, 0.1) is 18.6 Å². The normalized spacial score (nSPS) is 12.3. The van der Waals surface area contributed by atoms with Crippen molar-refractivity contribution in [3.8, 4) is 5.75 Å². The first kappa shape index (κ1) is 15.9. The molecule has 5 heteroatoms. The molecule has 0 saturated carbocycles. The summed E-state index contributed by atoms with van der Waals surface area (Å²) in [7, 11) is 3.19. The standard InChI is InChI=1S/C16H16BrF2NO/c1-9-4-5-10(13(18)6-9)16(20-2)11-7-12(17)14(19)8-15(11)21-3/h4-8,16,20H,1-3H3. The number of rotatable bonds is 4. The van der Waals surface area contributed by atoms with Gasteiger partial charge in [0.05, 0.1) is 17.6 Å². The van der Waals surface area contributed by atoms with Crippen LogP contribution < -0.4 is 10.1 Å². The van der Waals surface area contributed by atoms with E-state index in [9.17, 15) is 8.78 Å². The maximum atomic E-state index is 14.2. The third-order valence-corrected chi connectivity index (χ3v) is 3.95. The Morgan fingerprint density at radius 1 is 1.10 bits per heavy atom. The summed E-state index contributed by atoms with van der Waals surface area (Å²) in [6.45, 7) is 1.83. The van der Waals surface area contributed by atoms with Gasteiger partial charge in [-0.25, -0.2) is 8.78 Å².